The fourth-order valence-electron chi connectivity index (χ4n) is 1.65. The van der Waals surface area contributed by atoms with Gasteiger partial charge >= 0.3 is 0 Å². The van der Waals surface area contributed by atoms with Crippen molar-refractivity contribution < 1.29 is 0 Å². The van der Waals surface area contributed by atoms with E-state index in [1.807, 2.05) is 12.3 Å². The molecule has 0 radical (unpaired) electrons. The first kappa shape index (κ1) is 13.9. The molecule has 0 saturated heterocycles. The van der Waals surface area contributed by atoms with E-state index < -0.39 is 0 Å². The molecule has 0 aliphatic rings. The van der Waals surface area contributed by atoms with E-state index in [9.17, 15) is 4.79 Å². The lowest BCUT2D eigenvalue weighted by Crippen LogP contribution is -2.29. The van der Waals surface area contributed by atoms with Crippen LogP contribution in [-0.2, 0) is 13.6 Å². The second-order valence-electron chi connectivity index (χ2n) is 4.47. The molecule has 0 bridgehead atoms. The molecule has 4 heteroatoms. The molecule has 1 aromatic heterocycles. The van der Waals surface area contributed by atoms with Gasteiger partial charge in [0, 0.05) is 38.9 Å². The summed E-state index contributed by atoms with van der Waals surface area (Å²) in [6, 6.07) is 3.70. The fraction of sp³-hybridized carbons (Fsp3) is 0.615. The lowest BCUT2D eigenvalue weighted by molar-refractivity contribution is 0.324. The topological polar surface area (TPSA) is 37.3 Å². The first-order valence-corrected chi connectivity index (χ1v) is 6.18. The fourth-order valence-corrected chi connectivity index (χ4v) is 1.65. The smallest absolute Gasteiger partial charge is 0.250 e. The van der Waals surface area contributed by atoms with Gasteiger partial charge in [-0.15, -0.1) is 0 Å². The normalized spacial score (nSPS) is 11.1. The third kappa shape index (κ3) is 5.15. The van der Waals surface area contributed by atoms with Crippen LogP contribution in [-0.4, -0.2) is 36.1 Å². The Morgan fingerprint density at radius 2 is 2.18 bits per heavy atom. The Bertz CT molecular complexity index is 386. The number of hydrogen-bond acceptors (Lipinski definition) is 3. The van der Waals surface area contributed by atoms with Gasteiger partial charge in [-0.05, 0) is 31.6 Å². The minimum atomic E-state index is 0.0556. The molecule has 0 aromatic carbocycles. The lowest BCUT2D eigenvalue weighted by Gasteiger charge is -2.16. The number of aryl methyl sites for hydroxylation is 1. The molecule has 1 aromatic rings. The molecule has 0 fully saturated rings. The lowest BCUT2D eigenvalue weighted by atomic mass is 10.2. The number of nitrogens with zero attached hydrogens (tertiary/aromatic N) is 2. The molecule has 4 nitrogen and oxygen atoms in total. The largest absolute Gasteiger partial charge is 0.319 e. The number of hydrogen-bond donors (Lipinski definition) is 1. The third-order valence-corrected chi connectivity index (χ3v) is 2.72. The van der Waals surface area contributed by atoms with Gasteiger partial charge in [-0.3, -0.25) is 4.79 Å². The maximum Gasteiger partial charge on any atom is 0.250 e. The van der Waals surface area contributed by atoms with Gasteiger partial charge in [-0.1, -0.05) is 6.92 Å². The van der Waals surface area contributed by atoms with E-state index in [-0.39, 0.29) is 5.56 Å². The van der Waals surface area contributed by atoms with E-state index in [0.29, 0.717) is 0 Å². The average molecular weight is 237 g/mol. The molecule has 0 amide bonds. The Hall–Kier alpha value is -1.13. The van der Waals surface area contributed by atoms with Crippen molar-refractivity contribution in [3.63, 3.8) is 0 Å². The zero-order valence-corrected chi connectivity index (χ0v) is 11.1. The maximum absolute atomic E-state index is 11.5. The molecule has 0 aliphatic heterocycles. The van der Waals surface area contributed by atoms with E-state index in [1.165, 1.54) is 6.42 Å². The SMILES string of the molecule is CCCNCCN(C)Cc1ccn(C)c(=O)c1. The number of aromatic nitrogens is 1. The predicted molar refractivity (Wildman–Crippen MR) is 71.2 cm³/mol. The van der Waals surface area contributed by atoms with Crippen LogP contribution in [0.2, 0.25) is 0 Å². The van der Waals surface area contributed by atoms with Gasteiger partial charge in [0.1, 0.15) is 0 Å². The van der Waals surface area contributed by atoms with Crippen LogP contribution >= 0.6 is 0 Å². The van der Waals surface area contributed by atoms with Crippen LogP contribution in [0.5, 0.6) is 0 Å². The Morgan fingerprint density at radius 1 is 1.41 bits per heavy atom. The first-order chi connectivity index (χ1) is 8.13. The van der Waals surface area contributed by atoms with Crippen molar-refractivity contribution in [1.82, 2.24) is 14.8 Å². The van der Waals surface area contributed by atoms with Crippen LogP contribution in [0, 0.1) is 0 Å². The van der Waals surface area contributed by atoms with Crippen molar-refractivity contribution >= 4 is 0 Å². The van der Waals surface area contributed by atoms with Crippen LogP contribution in [0.3, 0.4) is 0 Å². The molecule has 0 atom stereocenters. The summed E-state index contributed by atoms with van der Waals surface area (Å²) < 4.78 is 1.59. The summed E-state index contributed by atoms with van der Waals surface area (Å²) in [7, 11) is 3.84. The van der Waals surface area contributed by atoms with Gasteiger partial charge in [-0.2, -0.15) is 0 Å². The summed E-state index contributed by atoms with van der Waals surface area (Å²) >= 11 is 0. The monoisotopic (exact) mass is 237 g/mol. The van der Waals surface area contributed by atoms with Crippen molar-refractivity contribution in [2.24, 2.45) is 7.05 Å². The molecule has 1 N–H and O–H groups in total. The predicted octanol–water partition coefficient (Wildman–Crippen LogP) is 0.817. The van der Waals surface area contributed by atoms with Crippen molar-refractivity contribution in [1.29, 1.82) is 0 Å². The zero-order chi connectivity index (χ0) is 12.7. The number of pyridine rings is 1. The van der Waals surface area contributed by atoms with E-state index in [2.05, 4.69) is 24.2 Å². The molecule has 1 heterocycles. The Morgan fingerprint density at radius 3 is 2.82 bits per heavy atom. The van der Waals surface area contributed by atoms with Crippen LogP contribution in [0.15, 0.2) is 23.1 Å². The van der Waals surface area contributed by atoms with Crippen LogP contribution in [0.4, 0.5) is 0 Å². The highest BCUT2D eigenvalue weighted by Gasteiger charge is 2.01. The van der Waals surface area contributed by atoms with Gasteiger partial charge in [0.2, 0.25) is 0 Å². The highest BCUT2D eigenvalue weighted by molar-refractivity contribution is 5.10. The second kappa shape index (κ2) is 7.25. The minimum Gasteiger partial charge on any atom is -0.319 e. The highest BCUT2D eigenvalue weighted by atomic mass is 16.1. The van der Waals surface area contributed by atoms with Crippen LogP contribution in [0.1, 0.15) is 18.9 Å². The van der Waals surface area contributed by atoms with E-state index in [1.54, 1.807) is 17.7 Å². The molecular formula is C13H23N3O. The Kier molecular flexibility index (Phi) is 5.94. The Labute approximate surface area is 103 Å². The van der Waals surface area contributed by atoms with Gasteiger partial charge in [0.05, 0.1) is 0 Å². The molecule has 0 saturated carbocycles. The van der Waals surface area contributed by atoms with E-state index in [0.717, 1.165) is 31.7 Å². The summed E-state index contributed by atoms with van der Waals surface area (Å²) in [6.07, 6.45) is 2.99. The molecule has 17 heavy (non-hydrogen) atoms. The highest BCUT2D eigenvalue weighted by Crippen LogP contribution is 1.98. The quantitative estimate of drug-likeness (QED) is 0.713. The van der Waals surface area contributed by atoms with Gasteiger partial charge in [-0.25, -0.2) is 0 Å². The molecule has 0 spiro atoms. The van der Waals surface area contributed by atoms with E-state index in [4.69, 9.17) is 0 Å². The molecular weight excluding hydrogens is 214 g/mol. The van der Waals surface area contributed by atoms with Crippen molar-refractivity contribution in [3.8, 4) is 0 Å². The number of rotatable bonds is 7. The summed E-state index contributed by atoms with van der Waals surface area (Å²) in [4.78, 5) is 13.7. The summed E-state index contributed by atoms with van der Waals surface area (Å²) in [6.45, 7) is 6.05. The molecule has 1 rings (SSSR count). The molecule has 96 valence electrons. The Balaban J connectivity index is 2.37. The van der Waals surface area contributed by atoms with Crippen LogP contribution < -0.4 is 10.9 Å². The van der Waals surface area contributed by atoms with Gasteiger partial charge < -0.3 is 14.8 Å². The van der Waals surface area contributed by atoms with Crippen molar-refractivity contribution in [2.45, 2.75) is 19.9 Å². The second-order valence-corrected chi connectivity index (χ2v) is 4.47. The van der Waals surface area contributed by atoms with Crippen molar-refractivity contribution in [3.05, 3.63) is 34.2 Å². The summed E-state index contributed by atoms with van der Waals surface area (Å²) in [5.41, 5.74) is 1.13. The molecule has 0 unspecified atom stereocenters. The standard InChI is InChI=1S/C13H23N3O/c1-4-6-14-7-9-15(2)11-12-5-8-16(3)13(17)10-12/h5,8,10,14H,4,6-7,9,11H2,1-3H3. The van der Waals surface area contributed by atoms with Crippen molar-refractivity contribution in [2.75, 3.05) is 26.7 Å². The average Bonchev–Trinajstić information content (AvgIpc) is 2.30. The van der Waals surface area contributed by atoms with Crippen LogP contribution in [0.25, 0.3) is 0 Å². The third-order valence-electron chi connectivity index (χ3n) is 2.72. The van der Waals surface area contributed by atoms with E-state index >= 15 is 0 Å². The zero-order valence-electron chi connectivity index (χ0n) is 11.1. The minimum absolute atomic E-state index is 0.0556. The summed E-state index contributed by atoms with van der Waals surface area (Å²) in [5, 5.41) is 3.36. The summed E-state index contributed by atoms with van der Waals surface area (Å²) in [5.74, 6) is 0. The molecule has 0 aliphatic carbocycles. The maximum atomic E-state index is 11.5. The first-order valence-electron chi connectivity index (χ1n) is 6.18. The van der Waals surface area contributed by atoms with Gasteiger partial charge in [0.15, 0.2) is 0 Å². The number of nitrogens with one attached hydrogen (secondary N) is 1. The van der Waals surface area contributed by atoms with Gasteiger partial charge in [0.25, 0.3) is 5.56 Å². The number of likely N-dealkylation sites (N-methyl/N-ethyl adjacent to an activating group) is 1.